The van der Waals surface area contributed by atoms with Gasteiger partial charge in [-0.15, -0.1) is 0 Å². The molecule has 3 nitrogen and oxygen atoms in total. The van der Waals surface area contributed by atoms with Crippen LogP contribution in [0.3, 0.4) is 0 Å². The topological polar surface area (TPSA) is 50.1 Å². The van der Waals surface area contributed by atoms with E-state index in [2.05, 4.69) is 54.0 Å². The second kappa shape index (κ2) is 11.6. The van der Waals surface area contributed by atoms with Crippen molar-refractivity contribution in [1.82, 2.24) is 10.6 Å². The lowest BCUT2D eigenvalue weighted by atomic mass is 10.1. The van der Waals surface area contributed by atoms with Crippen molar-refractivity contribution in [2.45, 2.75) is 39.3 Å². The molecule has 1 aromatic rings. The zero-order valence-corrected chi connectivity index (χ0v) is 12.7. The van der Waals surface area contributed by atoms with Crippen LogP contribution in [0.5, 0.6) is 0 Å². The molecule has 4 N–H and O–H groups in total. The van der Waals surface area contributed by atoms with E-state index in [1.807, 2.05) is 0 Å². The van der Waals surface area contributed by atoms with Crippen LogP contribution in [0.1, 0.15) is 37.3 Å². The van der Waals surface area contributed by atoms with Crippen LogP contribution >= 0.6 is 0 Å². The van der Waals surface area contributed by atoms with Crippen LogP contribution in [0, 0.1) is 0 Å². The molecule has 0 saturated carbocycles. The van der Waals surface area contributed by atoms with Crippen molar-refractivity contribution in [2.24, 2.45) is 5.73 Å². The van der Waals surface area contributed by atoms with Crippen molar-refractivity contribution in [3.63, 3.8) is 0 Å². The summed E-state index contributed by atoms with van der Waals surface area (Å²) in [5.74, 6) is 0. The van der Waals surface area contributed by atoms with Crippen LogP contribution in [-0.2, 0) is 13.1 Å². The van der Waals surface area contributed by atoms with Crippen molar-refractivity contribution in [2.75, 3.05) is 19.6 Å². The number of allylic oxidation sites excluding steroid dienone is 1. The van der Waals surface area contributed by atoms with E-state index in [-0.39, 0.29) is 0 Å². The minimum atomic E-state index is 0.754. The molecule has 0 aliphatic rings. The number of hydrogen-bond donors (Lipinski definition) is 3. The van der Waals surface area contributed by atoms with E-state index in [0.717, 1.165) is 39.1 Å². The molecule has 0 aliphatic carbocycles. The first-order valence-corrected chi connectivity index (χ1v) is 7.71. The average molecular weight is 275 g/mol. The number of benzene rings is 1. The fourth-order valence-electron chi connectivity index (χ4n) is 1.90. The summed E-state index contributed by atoms with van der Waals surface area (Å²) < 4.78 is 0. The Morgan fingerprint density at radius 1 is 1.00 bits per heavy atom. The zero-order valence-electron chi connectivity index (χ0n) is 12.7. The molecule has 0 bridgehead atoms. The van der Waals surface area contributed by atoms with E-state index in [9.17, 15) is 0 Å². The van der Waals surface area contributed by atoms with E-state index < -0.39 is 0 Å². The fourth-order valence-corrected chi connectivity index (χ4v) is 1.90. The highest BCUT2D eigenvalue weighted by Gasteiger charge is 1.94. The Kier molecular flexibility index (Phi) is 9.84. The summed E-state index contributed by atoms with van der Waals surface area (Å²) in [7, 11) is 0. The summed E-state index contributed by atoms with van der Waals surface area (Å²) in [6.45, 7) is 6.74. The van der Waals surface area contributed by atoms with Crippen molar-refractivity contribution in [3.05, 3.63) is 47.5 Å². The lowest BCUT2D eigenvalue weighted by molar-refractivity contribution is 0.655. The molecule has 0 unspecified atom stereocenters. The summed E-state index contributed by atoms with van der Waals surface area (Å²) in [6.07, 6.45) is 7.88. The van der Waals surface area contributed by atoms with Gasteiger partial charge in [0.1, 0.15) is 0 Å². The van der Waals surface area contributed by atoms with Crippen molar-refractivity contribution in [3.8, 4) is 0 Å². The van der Waals surface area contributed by atoms with E-state index >= 15 is 0 Å². The molecule has 0 atom stereocenters. The normalized spacial score (nSPS) is 11.3. The molecule has 0 heterocycles. The van der Waals surface area contributed by atoms with Gasteiger partial charge in [-0.1, -0.05) is 49.8 Å². The first kappa shape index (κ1) is 16.9. The minimum absolute atomic E-state index is 0.754. The fraction of sp³-hybridized carbons (Fsp3) is 0.529. The largest absolute Gasteiger partial charge is 0.330 e. The first-order valence-electron chi connectivity index (χ1n) is 7.71. The molecule has 1 aromatic carbocycles. The molecule has 0 radical (unpaired) electrons. The van der Waals surface area contributed by atoms with Gasteiger partial charge in [-0.05, 0) is 37.1 Å². The first-order chi connectivity index (χ1) is 9.86. The number of hydrogen-bond acceptors (Lipinski definition) is 3. The number of nitrogens with two attached hydrogens (primary N) is 1. The maximum Gasteiger partial charge on any atom is 0.0208 e. The van der Waals surface area contributed by atoms with Crippen LogP contribution in [0.4, 0.5) is 0 Å². The Hall–Kier alpha value is -1.16. The standard InChI is InChI=1S/C17H29N3/c1-2-3-4-5-12-19-14-16-7-9-17(10-8-16)15-20-13-6-11-18/h4-5,7-10,19-20H,2-3,6,11-15,18H2,1H3/b5-4+. The molecule has 0 aromatic heterocycles. The van der Waals surface area contributed by atoms with Gasteiger partial charge >= 0.3 is 0 Å². The van der Waals surface area contributed by atoms with Crippen molar-refractivity contribution < 1.29 is 0 Å². The SMILES string of the molecule is CCC/C=C/CNCc1ccc(CNCCCN)cc1. The Morgan fingerprint density at radius 2 is 1.65 bits per heavy atom. The third kappa shape index (κ3) is 8.10. The van der Waals surface area contributed by atoms with Gasteiger partial charge in [-0.2, -0.15) is 0 Å². The Bertz CT molecular complexity index is 357. The van der Waals surface area contributed by atoms with E-state index in [4.69, 9.17) is 5.73 Å². The predicted octanol–water partition coefficient (Wildman–Crippen LogP) is 2.57. The van der Waals surface area contributed by atoms with Crippen molar-refractivity contribution in [1.29, 1.82) is 0 Å². The third-order valence-electron chi connectivity index (χ3n) is 3.12. The molecule has 0 saturated heterocycles. The zero-order chi connectivity index (χ0) is 14.5. The van der Waals surface area contributed by atoms with Crippen LogP contribution in [0.2, 0.25) is 0 Å². The predicted molar refractivity (Wildman–Crippen MR) is 87.6 cm³/mol. The quantitative estimate of drug-likeness (QED) is 0.430. The Morgan fingerprint density at radius 3 is 2.25 bits per heavy atom. The summed E-state index contributed by atoms with van der Waals surface area (Å²) in [6, 6.07) is 8.78. The van der Waals surface area contributed by atoms with Gasteiger partial charge in [0.15, 0.2) is 0 Å². The maximum absolute atomic E-state index is 5.46. The Labute approximate surface area is 123 Å². The van der Waals surface area contributed by atoms with Crippen LogP contribution in [0.25, 0.3) is 0 Å². The average Bonchev–Trinajstić information content (AvgIpc) is 2.49. The van der Waals surface area contributed by atoms with Gasteiger partial charge in [0, 0.05) is 19.6 Å². The highest BCUT2D eigenvalue weighted by atomic mass is 14.9. The van der Waals surface area contributed by atoms with Gasteiger partial charge in [0.05, 0.1) is 0 Å². The molecule has 0 amide bonds. The second-order valence-electron chi connectivity index (χ2n) is 5.03. The molecule has 112 valence electrons. The monoisotopic (exact) mass is 275 g/mol. The van der Waals surface area contributed by atoms with E-state index in [1.54, 1.807) is 0 Å². The maximum atomic E-state index is 5.46. The van der Waals surface area contributed by atoms with E-state index in [1.165, 1.54) is 24.0 Å². The molecule has 1 rings (SSSR count). The molecule has 20 heavy (non-hydrogen) atoms. The van der Waals surface area contributed by atoms with Gasteiger partial charge in [-0.3, -0.25) is 0 Å². The van der Waals surface area contributed by atoms with Crippen LogP contribution in [0.15, 0.2) is 36.4 Å². The summed E-state index contributed by atoms with van der Waals surface area (Å²) in [4.78, 5) is 0. The summed E-state index contributed by atoms with van der Waals surface area (Å²) in [5, 5.41) is 6.81. The lowest BCUT2D eigenvalue weighted by Crippen LogP contribution is -2.17. The number of nitrogens with one attached hydrogen (secondary N) is 2. The lowest BCUT2D eigenvalue weighted by Gasteiger charge is -2.06. The molecular weight excluding hydrogens is 246 g/mol. The highest BCUT2D eigenvalue weighted by Crippen LogP contribution is 2.04. The number of rotatable bonds is 11. The van der Waals surface area contributed by atoms with Crippen LogP contribution in [-0.4, -0.2) is 19.6 Å². The van der Waals surface area contributed by atoms with Gasteiger partial charge < -0.3 is 16.4 Å². The third-order valence-corrected chi connectivity index (χ3v) is 3.12. The molecule has 0 aliphatic heterocycles. The summed E-state index contributed by atoms with van der Waals surface area (Å²) >= 11 is 0. The molecule has 0 spiro atoms. The molecule has 0 fully saturated rings. The highest BCUT2D eigenvalue weighted by molar-refractivity contribution is 5.22. The van der Waals surface area contributed by atoms with Gasteiger partial charge in [0.25, 0.3) is 0 Å². The molecule has 3 heteroatoms. The van der Waals surface area contributed by atoms with Gasteiger partial charge in [-0.25, -0.2) is 0 Å². The smallest absolute Gasteiger partial charge is 0.0208 e. The minimum Gasteiger partial charge on any atom is -0.330 e. The second-order valence-corrected chi connectivity index (χ2v) is 5.03. The van der Waals surface area contributed by atoms with Crippen molar-refractivity contribution >= 4 is 0 Å². The van der Waals surface area contributed by atoms with E-state index in [0.29, 0.717) is 0 Å². The number of unbranched alkanes of at least 4 members (excludes halogenated alkanes) is 1. The Balaban J connectivity index is 2.18. The van der Waals surface area contributed by atoms with Crippen LogP contribution < -0.4 is 16.4 Å². The molecular formula is C17H29N3. The summed E-state index contributed by atoms with van der Waals surface area (Å²) in [5.41, 5.74) is 8.12. The van der Waals surface area contributed by atoms with Gasteiger partial charge in [0.2, 0.25) is 0 Å².